The van der Waals surface area contributed by atoms with Gasteiger partial charge in [-0.1, -0.05) is 29.8 Å². The molecule has 1 unspecified atom stereocenters. The minimum atomic E-state index is -1.30. The molecule has 2 aromatic carbocycles. The Hall–Kier alpha value is -3.78. The number of carbonyl (C=O) groups is 1. The first kappa shape index (κ1) is 21.1. The number of aromatic carboxylic acids is 1. The smallest absolute Gasteiger partial charge is 0.341 e. The summed E-state index contributed by atoms with van der Waals surface area (Å²) in [6.07, 6.45) is 1.26. The number of pyridine rings is 2. The number of carboxylic acids is 1. The molecule has 1 aliphatic rings. The Morgan fingerprint density at radius 3 is 2.70 bits per heavy atom. The Bertz CT molecular complexity index is 1460. The molecule has 0 spiro atoms. The second-order valence-corrected chi connectivity index (χ2v) is 8.51. The van der Waals surface area contributed by atoms with Gasteiger partial charge in [0, 0.05) is 44.3 Å². The van der Waals surface area contributed by atoms with Crippen LogP contribution in [0.1, 0.15) is 27.5 Å². The molecule has 3 heterocycles. The Kier molecular flexibility index (Phi) is 5.09. The number of aromatic nitrogens is 2. The molecule has 33 heavy (non-hydrogen) atoms. The molecule has 168 valence electrons. The highest BCUT2D eigenvalue weighted by Crippen LogP contribution is 2.29. The number of halogens is 1. The molecule has 1 saturated heterocycles. The minimum Gasteiger partial charge on any atom is -0.477 e. The average Bonchev–Trinajstić information content (AvgIpc) is 2.80. The maximum absolute atomic E-state index is 15.2. The van der Waals surface area contributed by atoms with E-state index in [0.29, 0.717) is 41.9 Å². The molecule has 0 aliphatic carbocycles. The van der Waals surface area contributed by atoms with E-state index in [1.54, 1.807) is 13.1 Å². The van der Waals surface area contributed by atoms with Crippen molar-refractivity contribution >= 4 is 33.6 Å². The van der Waals surface area contributed by atoms with Gasteiger partial charge in [-0.05, 0) is 30.7 Å². The van der Waals surface area contributed by atoms with Crippen molar-refractivity contribution in [2.45, 2.75) is 13.0 Å². The first-order valence-corrected chi connectivity index (χ1v) is 10.7. The second kappa shape index (κ2) is 7.97. The van der Waals surface area contributed by atoms with Crippen LogP contribution in [0.15, 0.2) is 53.5 Å². The molecule has 1 aliphatic heterocycles. The summed E-state index contributed by atoms with van der Waals surface area (Å²) in [5.74, 6) is -1.71. The number of nitrogens with one attached hydrogen (secondary N) is 1. The molecule has 5 rings (SSSR count). The van der Waals surface area contributed by atoms with Crippen molar-refractivity contribution < 1.29 is 14.3 Å². The molecule has 4 aromatic rings. The first-order valence-electron chi connectivity index (χ1n) is 10.7. The van der Waals surface area contributed by atoms with Crippen molar-refractivity contribution in [2.24, 2.45) is 7.05 Å². The van der Waals surface area contributed by atoms with Crippen LogP contribution in [0.3, 0.4) is 0 Å². The number of benzene rings is 2. The van der Waals surface area contributed by atoms with Crippen LogP contribution in [0, 0.1) is 12.7 Å². The van der Waals surface area contributed by atoms with Crippen LogP contribution in [0.4, 0.5) is 10.1 Å². The predicted octanol–water partition coefficient (Wildman–Crippen LogP) is 3.38. The van der Waals surface area contributed by atoms with Gasteiger partial charge in [-0.2, -0.15) is 0 Å². The quantitative estimate of drug-likeness (QED) is 0.469. The van der Waals surface area contributed by atoms with Crippen molar-refractivity contribution in [3.05, 3.63) is 81.4 Å². The van der Waals surface area contributed by atoms with Crippen molar-refractivity contribution in [1.82, 2.24) is 14.9 Å². The van der Waals surface area contributed by atoms with E-state index in [4.69, 9.17) is 0 Å². The molecule has 1 atom stereocenters. The molecular formula is C25H23FN4O3. The maximum Gasteiger partial charge on any atom is 0.341 e. The van der Waals surface area contributed by atoms with E-state index in [9.17, 15) is 14.7 Å². The van der Waals surface area contributed by atoms with Gasteiger partial charge in [0.15, 0.2) is 0 Å². The lowest BCUT2D eigenvalue weighted by Crippen LogP contribution is -2.46. The Labute approximate surface area is 189 Å². The number of anilines is 1. The normalized spacial score (nSPS) is 16.5. The molecule has 0 bridgehead atoms. The number of carboxylic acid groups (broad SMARTS) is 1. The van der Waals surface area contributed by atoms with E-state index in [-0.39, 0.29) is 17.0 Å². The van der Waals surface area contributed by atoms with Gasteiger partial charge >= 0.3 is 5.97 Å². The van der Waals surface area contributed by atoms with E-state index in [2.05, 4.69) is 34.6 Å². The van der Waals surface area contributed by atoms with Gasteiger partial charge in [0.2, 0.25) is 5.43 Å². The van der Waals surface area contributed by atoms with Crippen LogP contribution in [-0.2, 0) is 7.05 Å². The third kappa shape index (κ3) is 3.72. The molecule has 0 radical (unpaired) electrons. The molecule has 2 N–H and O–H groups in total. The highest BCUT2D eigenvalue weighted by atomic mass is 19.1. The van der Waals surface area contributed by atoms with Gasteiger partial charge in [-0.3, -0.25) is 4.79 Å². The number of fused-ring (bicyclic) bond motifs is 2. The van der Waals surface area contributed by atoms with Crippen LogP contribution < -0.4 is 15.6 Å². The minimum absolute atomic E-state index is 0.0780. The van der Waals surface area contributed by atoms with Gasteiger partial charge in [0.25, 0.3) is 0 Å². The summed E-state index contributed by atoms with van der Waals surface area (Å²) in [6.45, 7) is 4.02. The fourth-order valence-electron chi connectivity index (χ4n) is 4.45. The lowest BCUT2D eigenvalue weighted by Gasteiger charge is -2.35. The monoisotopic (exact) mass is 446 g/mol. The lowest BCUT2D eigenvalue weighted by atomic mass is 10.0. The van der Waals surface area contributed by atoms with Gasteiger partial charge in [-0.25, -0.2) is 14.2 Å². The van der Waals surface area contributed by atoms with Crippen LogP contribution in [0.5, 0.6) is 0 Å². The molecule has 8 heteroatoms. The van der Waals surface area contributed by atoms with Crippen LogP contribution in [-0.4, -0.2) is 40.3 Å². The summed E-state index contributed by atoms with van der Waals surface area (Å²) < 4.78 is 16.7. The summed E-state index contributed by atoms with van der Waals surface area (Å²) >= 11 is 0. The van der Waals surface area contributed by atoms with Crippen LogP contribution in [0.25, 0.3) is 21.9 Å². The first-order chi connectivity index (χ1) is 15.8. The highest BCUT2D eigenvalue weighted by molar-refractivity contribution is 5.96. The zero-order valence-corrected chi connectivity index (χ0v) is 18.3. The molecule has 1 fully saturated rings. The van der Waals surface area contributed by atoms with Crippen molar-refractivity contribution in [2.75, 3.05) is 24.5 Å². The van der Waals surface area contributed by atoms with E-state index in [1.165, 1.54) is 28.5 Å². The summed E-state index contributed by atoms with van der Waals surface area (Å²) in [5.41, 5.74) is 2.73. The topological polar surface area (TPSA) is 87.5 Å². The largest absolute Gasteiger partial charge is 0.477 e. The molecule has 0 saturated carbocycles. The lowest BCUT2D eigenvalue weighted by molar-refractivity contribution is 0.0695. The Morgan fingerprint density at radius 2 is 1.97 bits per heavy atom. The zero-order valence-electron chi connectivity index (χ0n) is 18.3. The summed E-state index contributed by atoms with van der Waals surface area (Å²) in [6, 6.07) is 13.0. The second-order valence-electron chi connectivity index (χ2n) is 8.51. The number of piperazine rings is 1. The van der Waals surface area contributed by atoms with E-state index >= 15 is 4.39 Å². The van der Waals surface area contributed by atoms with Gasteiger partial charge in [0.05, 0.1) is 16.6 Å². The summed E-state index contributed by atoms with van der Waals surface area (Å²) in [7, 11) is 1.64. The molecule has 7 nitrogen and oxygen atoms in total. The third-order valence-electron chi connectivity index (χ3n) is 6.24. The third-order valence-corrected chi connectivity index (χ3v) is 6.24. The van der Waals surface area contributed by atoms with Gasteiger partial charge in [0.1, 0.15) is 17.0 Å². The van der Waals surface area contributed by atoms with E-state index in [0.717, 1.165) is 5.56 Å². The van der Waals surface area contributed by atoms with Crippen LogP contribution >= 0.6 is 0 Å². The number of aryl methyl sites for hydroxylation is 2. The number of hydrogen-bond donors (Lipinski definition) is 2. The fraction of sp³-hybridized carbons (Fsp3) is 0.240. The van der Waals surface area contributed by atoms with Crippen molar-refractivity contribution in [3.63, 3.8) is 0 Å². The van der Waals surface area contributed by atoms with E-state index < -0.39 is 17.2 Å². The van der Waals surface area contributed by atoms with Crippen LogP contribution in [0.2, 0.25) is 0 Å². The predicted molar refractivity (Wildman–Crippen MR) is 126 cm³/mol. The maximum atomic E-state index is 15.2. The SMILES string of the molecule is Cc1ccc(C2CN(c3cc4nc5c(cc4cc3F)c(=O)c(C(=O)O)cn5C)CCN2)cc1. The van der Waals surface area contributed by atoms with Gasteiger partial charge in [-0.15, -0.1) is 0 Å². The number of nitrogens with zero attached hydrogens (tertiary/aromatic N) is 3. The van der Waals surface area contributed by atoms with E-state index in [1.807, 2.05) is 11.8 Å². The fourth-order valence-corrected chi connectivity index (χ4v) is 4.45. The van der Waals surface area contributed by atoms with Crippen molar-refractivity contribution in [1.29, 1.82) is 0 Å². The summed E-state index contributed by atoms with van der Waals surface area (Å²) in [4.78, 5) is 30.6. The average molecular weight is 446 g/mol. The zero-order chi connectivity index (χ0) is 23.3. The highest BCUT2D eigenvalue weighted by Gasteiger charge is 2.24. The Balaban J connectivity index is 1.57. The van der Waals surface area contributed by atoms with Crippen molar-refractivity contribution in [3.8, 4) is 0 Å². The molecule has 0 amide bonds. The number of rotatable bonds is 3. The number of hydrogen-bond acceptors (Lipinski definition) is 5. The molecular weight excluding hydrogens is 423 g/mol. The summed E-state index contributed by atoms with van der Waals surface area (Å²) in [5, 5.41) is 13.4. The molecule has 2 aromatic heterocycles. The van der Waals surface area contributed by atoms with Gasteiger partial charge < -0.3 is 19.9 Å². The standard InChI is InChI=1S/C25H23FN4O3/c1-14-3-5-15(6-4-14)21-13-30(8-7-27-21)22-11-20-16(10-19(22)26)9-17-23(31)18(25(32)33)12-29(2)24(17)28-20/h3-6,9-12,21,27H,7-8,13H2,1-2H3,(H,32,33). The Morgan fingerprint density at radius 1 is 1.21 bits per heavy atom.